The molecule has 3 heterocycles. The number of likely N-dealkylation sites (tertiary alicyclic amines) is 1. The highest BCUT2D eigenvalue weighted by molar-refractivity contribution is 5.89. The summed E-state index contributed by atoms with van der Waals surface area (Å²) in [6.07, 6.45) is 6.17. The molecule has 5 heteroatoms. The molecule has 0 spiro atoms. The van der Waals surface area contributed by atoms with E-state index in [1.165, 1.54) is 23.9 Å². The summed E-state index contributed by atoms with van der Waals surface area (Å²) in [6, 6.07) is 8.34. The van der Waals surface area contributed by atoms with Gasteiger partial charge in [0, 0.05) is 50.3 Å². The van der Waals surface area contributed by atoms with Gasteiger partial charge in [0.05, 0.1) is 19.6 Å². The fourth-order valence-electron chi connectivity index (χ4n) is 4.50. The van der Waals surface area contributed by atoms with Crippen molar-refractivity contribution in [2.45, 2.75) is 25.7 Å². The molecule has 0 atom stereocenters. The Labute approximate surface area is 161 Å². The Morgan fingerprint density at radius 1 is 1.11 bits per heavy atom. The molecule has 2 aliphatic rings. The van der Waals surface area contributed by atoms with Crippen molar-refractivity contribution in [2.75, 3.05) is 45.9 Å². The van der Waals surface area contributed by atoms with Crippen molar-refractivity contribution in [1.29, 1.82) is 0 Å². The Morgan fingerprint density at radius 3 is 2.63 bits per heavy atom. The number of para-hydroxylation sites is 1. The number of aromatic nitrogens is 1. The average Bonchev–Trinajstić information content (AvgIpc) is 3.03. The molecule has 5 nitrogen and oxygen atoms in total. The average molecular weight is 370 g/mol. The van der Waals surface area contributed by atoms with Gasteiger partial charge in [-0.15, -0.1) is 0 Å². The van der Waals surface area contributed by atoms with Gasteiger partial charge in [-0.05, 0) is 43.4 Å². The summed E-state index contributed by atoms with van der Waals surface area (Å²) in [6.45, 7) is 6.90. The van der Waals surface area contributed by atoms with Crippen LogP contribution in [0.15, 0.2) is 30.5 Å². The first-order valence-corrected chi connectivity index (χ1v) is 10.3. The Morgan fingerprint density at radius 2 is 1.85 bits per heavy atom. The molecule has 0 unspecified atom stereocenters. The number of carbonyl (C=O) groups is 1. The van der Waals surface area contributed by atoms with E-state index in [0.717, 1.165) is 63.7 Å². The molecule has 27 heavy (non-hydrogen) atoms. The number of ether oxygens (including phenoxy) is 1. The number of fused-ring (bicyclic) bond motifs is 1. The molecule has 0 bridgehead atoms. The predicted molar refractivity (Wildman–Crippen MR) is 108 cm³/mol. The topological polar surface area (TPSA) is 37.7 Å². The molecule has 1 aromatic carbocycles. The summed E-state index contributed by atoms with van der Waals surface area (Å²) in [5.74, 6) is 1.03. The van der Waals surface area contributed by atoms with Gasteiger partial charge in [0.15, 0.2) is 0 Å². The second-order valence-corrected chi connectivity index (χ2v) is 8.03. The number of hydrogen-bond acceptors (Lipinski definition) is 3. The fraction of sp³-hybridized carbons (Fsp3) is 0.591. The van der Waals surface area contributed by atoms with Crippen LogP contribution in [0, 0.1) is 5.92 Å². The largest absolute Gasteiger partial charge is 0.379 e. The van der Waals surface area contributed by atoms with Gasteiger partial charge in [-0.3, -0.25) is 9.69 Å². The van der Waals surface area contributed by atoms with Gasteiger partial charge in [0.2, 0.25) is 5.91 Å². The van der Waals surface area contributed by atoms with Crippen LogP contribution >= 0.6 is 0 Å². The molecule has 2 aromatic rings. The lowest BCUT2D eigenvalue weighted by Crippen LogP contribution is -2.41. The summed E-state index contributed by atoms with van der Waals surface area (Å²) < 4.78 is 7.54. The first-order chi connectivity index (χ1) is 13.2. The zero-order valence-corrected chi connectivity index (χ0v) is 16.4. The standard InChI is InChI=1S/C22H31N3O2/c1-23-17-19(20-4-2-3-5-21(20)23)16-22(26)25-10-7-18(8-11-25)6-9-24-12-14-27-15-13-24/h2-5,17-18H,6-16H2,1H3. The van der Waals surface area contributed by atoms with Crippen LogP contribution in [-0.4, -0.2) is 66.2 Å². The molecule has 146 valence electrons. The van der Waals surface area contributed by atoms with Crippen LogP contribution in [0.3, 0.4) is 0 Å². The first-order valence-electron chi connectivity index (χ1n) is 10.3. The van der Waals surface area contributed by atoms with Crippen LogP contribution in [0.4, 0.5) is 0 Å². The van der Waals surface area contributed by atoms with Crippen molar-refractivity contribution < 1.29 is 9.53 Å². The van der Waals surface area contributed by atoms with Gasteiger partial charge in [-0.2, -0.15) is 0 Å². The summed E-state index contributed by atoms with van der Waals surface area (Å²) in [5, 5.41) is 1.20. The van der Waals surface area contributed by atoms with E-state index in [-0.39, 0.29) is 5.91 Å². The zero-order valence-electron chi connectivity index (χ0n) is 16.4. The van der Waals surface area contributed by atoms with E-state index < -0.39 is 0 Å². The van der Waals surface area contributed by atoms with Crippen LogP contribution in [0.1, 0.15) is 24.8 Å². The quantitative estimate of drug-likeness (QED) is 0.813. The number of rotatable bonds is 5. The molecule has 2 fully saturated rings. The number of amides is 1. The Kier molecular flexibility index (Phi) is 5.79. The van der Waals surface area contributed by atoms with Crippen LogP contribution in [0.2, 0.25) is 0 Å². The summed E-state index contributed by atoms with van der Waals surface area (Å²) in [4.78, 5) is 17.4. The maximum Gasteiger partial charge on any atom is 0.227 e. The van der Waals surface area contributed by atoms with Gasteiger partial charge >= 0.3 is 0 Å². The van der Waals surface area contributed by atoms with E-state index in [4.69, 9.17) is 4.74 Å². The zero-order chi connectivity index (χ0) is 18.6. The second kappa shape index (κ2) is 8.44. The van der Waals surface area contributed by atoms with Gasteiger partial charge in [0.1, 0.15) is 0 Å². The maximum absolute atomic E-state index is 12.8. The smallest absolute Gasteiger partial charge is 0.227 e. The lowest BCUT2D eigenvalue weighted by atomic mass is 9.93. The lowest BCUT2D eigenvalue weighted by molar-refractivity contribution is -0.131. The minimum Gasteiger partial charge on any atom is -0.379 e. The van der Waals surface area contributed by atoms with E-state index in [0.29, 0.717) is 6.42 Å². The number of morpholine rings is 1. The summed E-state index contributed by atoms with van der Waals surface area (Å²) in [5.41, 5.74) is 2.34. The fourth-order valence-corrected chi connectivity index (χ4v) is 4.50. The first kappa shape index (κ1) is 18.5. The SMILES string of the molecule is Cn1cc(CC(=O)N2CCC(CCN3CCOCC3)CC2)c2ccccc21. The van der Waals surface area contributed by atoms with Crippen molar-refractivity contribution in [3.63, 3.8) is 0 Å². The summed E-state index contributed by atoms with van der Waals surface area (Å²) in [7, 11) is 2.05. The third-order valence-corrected chi connectivity index (χ3v) is 6.25. The number of benzene rings is 1. The highest BCUT2D eigenvalue weighted by Gasteiger charge is 2.24. The van der Waals surface area contributed by atoms with Crippen molar-refractivity contribution in [3.05, 3.63) is 36.0 Å². The molecule has 0 saturated carbocycles. The monoisotopic (exact) mass is 369 g/mol. The molecule has 1 amide bonds. The van der Waals surface area contributed by atoms with Gasteiger partial charge in [0.25, 0.3) is 0 Å². The van der Waals surface area contributed by atoms with Gasteiger partial charge in [-0.1, -0.05) is 18.2 Å². The van der Waals surface area contributed by atoms with Crippen LogP contribution < -0.4 is 0 Å². The van der Waals surface area contributed by atoms with Crippen LogP contribution in [-0.2, 0) is 23.0 Å². The molecule has 2 aliphatic heterocycles. The third-order valence-electron chi connectivity index (χ3n) is 6.25. The van der Waals surface area contributed by atoms with Crippen molar-refractivity contribution in [1.82, 2.24) is 14.4 Å². The van der Waals surface area contributed by atoms with Gasteiger partial charge < -0.3 is 14.2 Å². The molecule has 4 rings (SSSR count). The minimum absolute atomic E-state index is 0.276. The van der Waals surface area contributed by atoms with E-state index in [2.05, 4.69) is 51.9 Å². The van der Waals surface area contributed by atoms with Crippen LogP contribution in [0.25, 0.3) is 10.9 Å². The molecule has 2 saturated heterocycles. The maximum atomic E-state index is 12.8. The van der Waals surface area contributed by atoms with Crippen molar-refractivity contribution >= 4 is 16.8 Å². The summed E-state index contributed by atoms with van der Waals surface area (Å²) >= 11 is 0. The number of aryl methyl sites for hydroxylation is 1. The highest BCUT2D eigenvalue weighted by atomic mass is 16.5. The Balaban J connectivity index is 1.27. The Bertz CT molecular complexity index is 771. The molecule has 0 N–H and O–H groups in total. The van der Waals surface area contributed by atoms with E-state index in [1.54, 1.807) is 0 Å². The van der Waals surface area contributed by atoms with E-state index in [1.807, 2.05) is 0 Å². The third kappa shape index (κ3) is 4.36. The highest BCUT2D eigenvalue weighted by Crippen LogP contribution is 2.24. The Hall–Kier alpha value is -1.85. The predicted octanol–water partition coefficient (Wildman–Crippen LogP) is 2.68. The number of piperidine rings is 1. The number of nitrogens with zero attached hydrogens (tertiary/aromatic N) is 3. The molecule has 1 aromatic heterocycles. The lowest BCUT2D eigenvalue weighted by Gasteiger charge is -2.34. The van der Waals surface area contributed by atoms with Crippen molar-refractivity contribution in [3.8, 4) is 0 Å². The second-order valence-electron chi connectivity index (χ2n) is 8.03. The van der Waals surface area contributed by atoms with Crippen LogP contribution in [0.5, 0.6) is 0 Å². The minimum atomic E-state index is 0.276. The normalized spacial score (nSPS) is 19.7. The molecular weight excluding hydrogens is 338 g/mol. The molecular formula is C22H31N3O2. The number of hydrogen-bond donors (Lipinski definition) is 0. The molecule has 0 aliphatic carbocycles. The van der Waals surface area contributed by atoms with Crippen molar-refractivity contribution in [2.24, 2.45) is 13.0 Å². The van der Waals surface area contributed by atoms with E-state index in [9.17, 15) is 4.79 Å². The van der Waals surface area contributed by atoms with E-state index >= 15 is 0 Å². The molecule has 0 radical (unpaired) electrons. The number of carbonyl (C=O) groups excluding carboxylic acids is 1. The van der Waals surface area contributed by atoms with Gasteiger partial charge in [-0.25, -0.2) is 0 Å².